The minimum absolute atomic E-state index is 0.117. The zero-order chi connectivity index (χ0) is 12.2. The van der Waals surface area contributed by atoms with Gasteiger partial charge in [0.05, 0.1) is 22.8 Å². The van der Waals surface area contributed by atoms with Crippen molar-refractivity contribution in [1.29, 1.82) is 0 Å². The highest BCUT2D eigenvalue weighted by atomic mass is 35.5. The Morgan fingerprint density at radius 2 is 1.94 bits per heavy atom. The van der Waals surface area contributed by atoms with Crippen LogP contribution in [-0.2, 0) is 9.53 Å². The number of aromatic nitrogens is 2. The lowest BCUT2D eigenvalue weighted by atomic mass is 9.98. The molecule has 88 valence electrons. The summed E-state index contributed by atoms with van der Waals surface area (Å²) in [4.78, 5) is 18.9. The Balaban J connectivity index is 2.36. The first-order valence-electron chi connectivity index (χ1n) is 4.67. The highest BCUT2D eigenvalue weighted by Crippen LogP contribution is 2.15. The Hall–Kier alpha value is -1.36. The molecule has 0 radical (unpaired) electrons. The van der Waals surface area contributed by atoms with E-state index >= 15 is 0 Å². The molecule has 0 amide bonds. The quantitative estimate of drug-likeness (QED) is 0.602. The molecule has 0 unspecified atom stereocenters. The van der Waals surface area contributed by atoms with Crippen molar-refractivity contribution in [3.05, 3.63) is 17.4 Å². The molecule has 0 aromatic carbocycles. The minimum atomic E-state index is -0.551. The highest BCUT2D eigenvalue weighted by molar-refractivity contribution is 6.30. The third kappa shape index (κ3) is 4.02. The Morgan fingerprint density at radius 1 is 1.38 bits per heavy atom. The monoisotopic (exact) mass is 244 g/mol. The van der Waals surface area contributed by atoms with E-state index in [4.69, 9.17) is 21.1 Å². The van der Waals surface area contributed by atoms with Crippen LogP contribution in [0.4, 0.5) is 0 Å². The van der Waals surface area contributed by atoms with Crippen molar-refractivity contribution in [2.75, 3.05) is 6.79 Å². The molecule has 1 rings (SSSR count). The first-order valence-corrected chi connectivity index (χ1v) is 5.05. The summed E-state index contributed by atoms with van der Waals surface area (Å²) in [5, 5.41) is 0.416. The first kappa shape index (κ1) is 12.7. The number of nitrogens with zero attached hydrogens (tertiary/aromatic N) is 2. The van der Waals surface area contributed by atoms with E-state index in [1.807, 2.05) is 0 Å². The highest BCUT2D eigenvalue weighted by Gasteiger charge is 2.23. The molecule has 0 saturated carbocycles. The maximum atomic E-state index is 11.3. The molecule has 1 heterocycles. The number of hydrogen-bond acceptors (Lipinski definition) is 5. The van der Waals surface area contributed by atoms with Crippen LogP contribution >= 0.6 is 11.6 Å². The molecule has 0 saturated heterocycles. The maximum absolute atomic E-state index is 11.3. The number of rotatable bonds is 3. The molecule has 0 N–H and O–H groups in total. The summed E-state index contributed by atoms with van der Waals surface area (Å²) in [5.41, 5.74) is -0.551. The second-order valence-electron chi connectivity index (χ2n) is 4.13. The van der Waals surface area contributed by atoms with Gasteiger partial charge in [0.1, 0.15) is 0 Å². The van der Waals surface area contributed by atoms with Crippen molar-refractivity contribution in [3.63, 3.8) is 0 Å². The van der Waals surface area contributed by atoms with Gasteiger partial charge in [0.2, 0.25) is 6.79 Å². The van der Waals surface area contributed by atoms with Gasteiger partial charge in [0, 0.05) is 0 Å². The second-order valence-corrected chi connectivity index (χ2v) is 4.56. The zero-order valence-corrected chi connectivity index (χ0v) is 10.1. The van der Waals surface area contributed by atoms with Gasteiger partial charge in [-0.3, -0.25) is 4.79 Å². The van der Waals surface area contributed by atoms with Crippen LogP contribution in [0, 0.1) is 5.41 Å². The normalized spacial score (nSPS) is 11.0. The predicted molar refractivity (Wildman–Crippen MR) is 58.1 cm³/mol. The number of esters is 1. The smallest absolute Gasteiger partial charge is 0.319 e. The fraction of sp³-hybridized carbons (Fsp3) is 0.500. The van der Waals surface area contributed by atoms with Gasteiger partial charge in [-0.2, -0.15) is 0 Å². The van der Waals surface area contributed by atoms with Gasteiger partial charge in [-0.15, -0.1) is 0 Å². The van der Waals surface area contributed by atoms with Gasteiger partial charge in [-0.1, -0.05) is 11.6 Å². The number of ether oxygens (including phenoxy) is 2. The molecule has 0 aliphatic heterocycles. The molecule has 1 aromatic rings. The standard InChI is InChI=1S/C10H13ClN2O3/c1-10(2,3)8(14)15-6-16-9-12-4-7(11)5-13-9/h4-5H,6H2,1-3H3. The minimum Gasteiger partial charge on any atom is -0.427 e. The van der Waals surface area contributed by atoms with Crippen LogP contribution in [0.25, 0.3) is 0 Å². The van der Waals surface area contributed by atoms with Crippen molar-refractivity contribution >= 4 is 17.6 Å². The molecule has 0 aliphatic carbocycles. The van der Waals surface area contributed by atoms with Crippen molar-refractivity contribution in [2.45, 2.75) is 20.8 Å². The largest absolute Gasteiger partial charge is 0.427 e. The van der Waals surface area contributed by atoms with Crippen LogP contribution in [0.1, 0.15) is 20.8 Å². The lowest BCUT2D eigenvalue weighted by molar-refractivity contribution is -0.159. The van der Waals surface area contributed by atoms with E-state index in [1.54, 1.807) is 20.8 Å². The molecule has 0 bridgehead atoms. The summed E-state index contributed by atoms with van der Waals surface area (Å²) in [6.07, 6.45) is 2.80. The van der Waals surface area contributed by atoms with Crippen LogP contribution < -0.4 is 4.74 Å². The average molecular weight is 245 g/mol. The molecule has 0 aliphatic rings. The number of carbonyl (C=O) groups is 1. The zero-order valence-electron chi connectivity index (χ0n) is 9.36. The van der Waals surface area contributed by atoms with Crippen molar-refractivity contribution in [1.82, 2.24) is 9.97 Å². The van der Waals surface area contributed by atoms with Gasteiger partial charge in [0.25, 0.3) is 0 Å². The molecule has 0 spiro atoms. The average Bonchev–Trinajstić information content (AvgIpc) is 2.19. The van der Waals surface area contributed by atoms with E-state index in [0.29, 0.717) is 5.02 Å². The Labute approximate surface area is 98.8 Å². The van der Waals surface area contributed by atoms with Crippen LogP contribution in [0.15, 0.2) is 12.4 Å². The van der Waals surface area contributed by atoms with E-state index in [-0.39, 0.29) is 18.8 Å². The Bertz CT molecular complexity index is 359. The lowest BCUT2D eigenvalue weighted by Crippen LogP contribution is -2.24. The summed E-state index contributed by atoms with van der Waals surface area (Å²) in [5.74, 6) is -0.346. The SMILES string of the molecule is CC(C)(C)C(=O)OCOc1ncc(Cl)cn1. The van der Waals surface area contributed by atoms with E-state index in [1.165, 1.54) is 12.4 Å². The molecule has 6 heteroatoms. The predicted octanol–water partition coefficient (Wildman–Crippen LogP) is 2.06. The number of hydrogen-bond donors (Lipinski definition) is 0. The number of carbonyl (C=O) groups excluding carboxylic acids is 1. The lowest BCUT2D eigenvalue weighted by Gasteiger charge is -2.16. The molecule has 1 aromatic heterocycles. The van der Waals surface area contributed by atoms with Crippen LogP contribution in [0.3, 0.4) is 0 Å². The van der Waals surface area contributed by atoms with E-state index in [0.717, 1.165) is 0 Å². The van der Waals surface area contributed by atoms with Gasteiger partial charge in [0.15, 0.2) is 0 Å². The first-order chi connectivity index (χ1) is 7.39. The van der Waals surface area contributed by atoms with E-state index in [9.17, 15) is 4.79 Å². The summed E-state index contributed by atoms with van der Waals surface area (Å²) in [6.45, 7) is 5.06. The fourth-order valence-electron chi connectivity index (χ4n) is 0.727. The molecule has 16 heavy (non-hydrogen) atoms. The third-order valence-corrected chi connectivity index (χ3v) is 1.78. The van der Waals surface area contributed by atoms with E-state index < -0.39 is 5.41 Å². The summed E-state index contributed by atoms with van der Waals surface area (Å²) in [6, 6.07) is 0.117. The van der Waals surface area contributed by atoms with Crippen molar-refractivity contribution in [2.24, 2.45) is 5.41 Å². The van der Waals surface area contributed by atoms with Crippen LogP contribution in [0.5, 0.6) is 6.01 Å². The second kappa shape index (κ2) is 5.12. The maximum Gasteiger partial charge on any atom is 0.319 e. The molecular formula is C10H13ClN2O3. The Morgan fingerprint density at radius 3 is 2.44 bits per heavy atom. The van der Waals surface area contributed by atoms with Crippen molar-refractivity contribution in [3.8, 4) is 6.01 Å². The Kier molecular flexibility index (Phi) is 4.06. The third-order valence-electron chi connectivity index (χ3n) is 1.59. The molecule has 0 atom stereocenters. The molecule has 0 fully saturated rings. The van der Waals surface area contributed by atoms with Gasteiger partial charge in [-0.25, -0.2) is 9.97 Å². The van der Waals surface area contributed by atoms with Gasteiger partial charge < -0.3 is 9.47 Å². The van der Waals surface area contributed by atoms with Crippen LogP contribution in [-0.4, -0.2) is 22.7 Å². The van der Waals surface area contributed by atoms with Crippen molar-refractivity contribution < 1.29 is 14.3 Å². The van der Waals surface area contributed by atoms with E-state index in [2.05, 4.69) is 9.97 Å². The summed E-state index contributed by atoms with van der Waals surface area (Å²) in [7, 11) is 0. The number of halogens is 1. The summed E-state index contributed by atoms with van der Waals surface area (Å²) >= 11 is 5.59. The summed E-state index contributed by atoms with van der Waals surface area (Å²) < 4.78 is 9.87. The van der Waals surface area contributed by atoms with Gasteiger partial charge in [-0.05, 0) is 20.8 Å². The molecular weight excluding hydrogens is 232 g/mol. The van der Waals surface area contributed by atoms with Gasteiger partial charge >= 0.3 is 12.0 Å². The topological polar surface area (TPSA) is 61.3 Å². The fourth-order valence-corrected chi connectivity index (χ4v) is 0.825. The van der Waals surface area contributed by atoms with Crippen LogP contribution in [0.2, 0.25) is 5.02 Å². The molecule has 5 nitrogen and oxygen atoms in total.